The minimum atomic E-state index is 0.854. The summed E-state index contributed by atoms with van der Waals surface area (Å²) >= 11 is 3.58. The number of halogens is 1. The van der Waals surface area contributed by atoms with Crippen molar-refractivity contribution in [1.82, 2.24) is 0 Å². The topological polar surface area (TPSA) is 3.24 Å². The molecule has 2 rings (SSSR count). The van der Waals surface area contributed by atoms with Gasteiger partial charge in [0.2, 0.25) is 0 Å². The number of nitrogens with zero attached hydrogens (tertiary/aromatic N) is 1. The fourth-order valence-electron chi connectivity index (χ4n) is 1.76. The molecule has 1 fully saturated rings. The Morgan fingerprint density at radius 3 is 2.69 bits per heavy atom. The molecule has 0 aromatic heterocycles. The number of hydrogen-bond donors (Lipinski definition) is 0. The second kappa shape index (κ2) is 3.33. The van der Waals surface area contributed by atoms with E-state index in [4.69, 9.17) is 0 Å². The van der Waals surface area contributed by atoms with Gasteiger partial charge in [0.15, 0.2) is 0 Å². The third-order valence-corrected chi connectivity index (χ3v) is 3.18. The summed E-state index contributed by atoms with van der Waals surface area (Å²) in [6.07, 6.45) is 0. The fraction of sp³-hybridized carbons (Fsp3) is 0.455. The van der Waals surface area contributed by atoms with Crippen LogP contribution in [-0.4, -0.2) is 13.1 Å². The minimum absolute atomic E-state index is 0.854. The lowest BCUT2D eigenvalue weighted by Gasteiger charge is -2.39. The Bertz CT molecular complexity index is 316. The Balaban J connectivity index is 2.24. The van der Waals surface area contributed by atoms with Gasteiger partial charge in [0, 0.05) is 17.6 Å². The van der Waals surface area contributed by atoms with Crippen molar-refractivity contribution in [3.8, 4) is 0 Å². The lowest BCUT2D eigenvalue weighted by Crippen LogP contribution is -2.45. The zero-order valence-electron chi connectivity index (χ0n) is 8.05. The third-order valence-electron chi connectivity index (χ3n) is 2.51. The standard InChI is InChI=1S/C11H14BrN/c1-8-3-4-10(12)11(5-8)13-6-9(2)7-13/h3-5,9H,6-7H2,1-2H3. The van der Waals surface area contributed by atoms with Gasteiger partial charge in [-0.2, -0.15) is 0 Å². The van der Waals surface area contributed by atoms with Crippen LogP contribution in [-0.2, 0) is 0 Å². The van der Waals surface area contributed by atoms with Crippen LogP contribution in [0.3, 0.4) is 0 Å². The van der Waals surface area contributed by atoms with Crippen LogP contribution in [0.5, 0.6) is 0 Å². The summed E-state index contributed by atoms with van der Waals surface area (Å²) in [5, 5.41) is 0. The van der Waals surface area contributed by atoms with E-state index in [1.54, 1.807) is 0 Å². The summed E-state index contributed by atoms with van der Waals surface area (Å²) in [5.74, 6) is 0.854. The summed E-state index contributed by atoms with van der Waals surface area (Å²) in [6.45, 7) is 6.82. The monoisotopic (exact) mass is 239 g/mol. The molecule has 1 saturated heterocycles. The molecule has 0 aliphatic carbocycles. The molecule has 1 aromatic carbocycles. The highest BCUT2D eigenvalue weighted by atomic mass is 79.9. The molecule has 1 heterocycles. The van der Waals surface area contributed by atoms with Crippen molar-refractivity contribution in [3.63, 3.8) is 0 Å². The smallest absolute Gasteiger partial charge is 0.0513 e. The molecule has 13 heavy (non-hydrogen) atoms. The maximum Gasteiger partial charge on any atom is 0.0513 e. The Morgan fingerprint density at radius 2 is 2.08 bits per heavy atom. The predicted molar refractivity (Wildman–Crippen MR) is 60.3 cm³/mol. The Labute approximate surface area is 87.9 Å². The van der Waals surface area contributed by atoms with Crippen molar-refractivity contribution < 1.29 is 0 Å². The predicted octanol–water partition coefficient (Wildman–Crippen LogP) is 3.21. The molecular weight excluding hydrogens is 226 g/mol. The molecule has 0 spiro atoms. The van der Waals surface area contributed by atoms with Gasteiger partial charge >= 0.3 is 0 Å². The van der Waals surface area contributed by atoms with Crippen molar-refractivity contribution in [2.45, 2.75) is 13.8 Å². The molecule has 2 heteroatoms. The van der Waals surface area contributed by atoms with Crippen molar-refractivity contribution in [2.24, 2.45) is 5.92 Å². The summed E-state index contributed by atoms with van der Waals surface area (Å²) in [6, 6.07) is 6.51. The molecule has 0 bridgehead atoms. The van der Waals surface area contributed by atoms with Crippen molar-refractivity contribution >= 4 is 21.6 Å². The van der Waals surface area contributed by atoms with Crippen LogP contribution in [0.1, 0.15) is 12.5 Å². The second-order valence-electron chi connectivity index (χ2n) is 3.97. The van der Waals surface area contributed by atoms with Gasteiger partial charge in [-0.05, 0) is 46.5 Å². The normalized spacial score (nSPS) is 17.3. The molecule has 0 saturated carbocycles. The summed E-state index contributed by atoms with van der Waals surface area (Å²) in [5.41, 5.74) is 2.68. The second-order valence-corrected chi connectivity index (χ2v) is 4.82. The SMILES string of the molecule is Cc1ccc(Br)c(N2CC(C)C2)c1. The van der Waals surface area contributed by atoms with E-state index in [2.05, 4.69) is 52.9 Å². The van der Waals surface area contributed by atoms with Crippen LogP contribution in [0.15, 0.2) is 22.7 Å². The van der Waals surface area contributed by atoms with Gasteiger partial charge in [0.1, 0.15) is 0 Å². The first-order chi connectivity index (χ1) is 6.16. The lowest BCUT2D eigenvalue weighted by molar-refractivity contribution is 0.446. The van der Waals surface area contributed by atoms with Crippen LogP contribution in [0.4, 0.5) is 5.69 Å². The molecule has 1 aliphatic heterocycles. The van der Waals surface area contributed by atoms with E-state index in [-0.39, 0.29) is 0 Å². The van der Waals surface area contributed by atoms with Gasteiger partial charge in [0.25, 0.3) is 0 Å². The molecule has 1 aliphatic rings. The number of benzene rings is 1. The number of aryl methyl sites for hydroxylation is 1. The highest BCUT2D eigenvalue weighted by Crippen LogP contribution is 2.32. The van der Waals surface area contributed by atoms with Gasteiger partial charge in [-0.25, -0.2) is 0 Å². The average Bonchev–Trinajstić information content (AvgIpc) is 2.04. The highest BCUT2D eigenvalue weighted by molar-refractivity contribution is 9.10. The van der Waals surface area contributed by atoms with Gasteiger partial charge in [-0.1, -0.05) is 13.0 Å². The summed E-state index contributed by atoms with van der Waals surface area (Å²) < 4.78 is 1.21. The van der Waals surface area contributed by atoms with Crippen LogP contribution in [0.2, 0.25) is 0 Å². The van der Waals surface area contributed by atoms with Crippen LogP contribution < -0.4 is 4.90 Å². The molecule has 70 valence electrons. The Kier molecular flexibility index (Phi) is 2.33. The fourth-order valence-corrected chi connectivity index (χ4v) is 2.26. The molecule has 0 unspecified atom stereocenters. The van der Waals surface area contributed by atoms with Crippen molar-refractivity contribution in [2.75, 3.05) is 18.0 Å². The summed E-state index contributed by atoms with van der Waals surface area (Å²) in [4.78, 5) is 2.42. The number of rotatable bonds is 1. The van der Waals surface area contributed by atoms with Gasteiger partial charge in [0.05, 0.1) is 5.69 Å². The molecule has 0 amide bonds. The maximum atomic E-state index is 3.58. The van der Waals surface area contributed by atoms with Gasteiger partial charge in [-0.3, -0.25) is 0 Å². The van der Waals surface area contributed by atoms with E-state index in [0.29, 0.717) is 0 Å². The van der Waals surface area contributed by atoms with Crippen molar-refractivity contribution in [1.29, 1.82) is 0 Å². The molecule has 1 nitrogen and oxygen atoms in total. The first-order valence-corrected chi connectivity index (χ1v) is 5.47. The number of anilines is 1. The van der Waals surface area contributed by atoms with Crippen LogP contribution >= 0.6 is 15.9 Å². The number of hydrogen-bond acceptors (Lipinski definition) is 1. The Morgan fingerprint density at radius 1 is 1.38 bits per heavy atom. The van der Waals surface area contributed by atoms with E-state index in [9.17, 15) is 0 Å². The summed E-state index contributed by atoms with van der Waals surface area (Å²) in [7, 11) is 0. The van der Waals surface area contributed by atoms with E-state index in [0.717, 1.165) is 5.92 Å². The van der Waals surface area contributed by atoms with E-state index < -0.39 is 0 Å². The molecule has 0 N–H and O–H groups in total. The van der Waals surface area contributed by atoms with E-state index in [1.807, 2.05) is 0 Å². The largest absolute Gasteiger partial charge is 0.370 e. The molecular formula is C11H14BrN. The Hall–Kier alpha value is -0.500. The first kappa shape index (κ1) is 9.07. The van der Waals surface area contributed by atoms with Gasteiger partial charge in [-0.15, -0.1) is 0 Å². The molecule has 0 radical (unpaired) electrons. The zero-order valence-corrected chi connectivity index (χ0v) is 9.63. The molecule has 0 atom stereocenters. The molecule has 1 aromatic rings. The zero-order chi connectivity index (χ0) is 9.42. The van der Waals surface area contributed by atoms with E-state index >= 15 is 0 Å². The quantitative estimate of drug-likeness (QED) is 0.728. The van der Waals surface area contributed by atoms with Crippen molar-refractivity contribution in [3.05, 3.63) is 28.2 Å². The highest BCUT2D eigenvalue weighted by Gasteiger charge is 2.23. The van der Waals surface area contributed by atoms with Crippen LogP contribution in [0, 0.1) is 12.8 Å². The minimum Gasteiger partial charge on any atom is -0.370 e. The van der Waals surface area contributed by atoms with Gasteiger partial charge < -0.3 is 4.90 Å². The third kappa shape index (κ3) is 1.73. The maximum absolute atomic E-state index is 3.58. The van der Waals surface area contributed by atoms with Crippen LogP contribution in [0.25, 0.3) is 0 Å². The van der Waals surface area contributed by atoms with E-state index in [1.165, 1.54) is 28.8 Å². The first-order valence-electron chi connectivity index (χ1n) is 4.68. The lowest BCUT2D eigenvalue weighted by atomic mass is 10.0. The average molecular weight is 240 g/mol.